The molecule has 2 fully saturated rings. The molecular formula is C12H15NO3S. The second kappa shape index (κ2) is 4.38. The van der Waals surface area contributed by atoms with Crippen LogP contribution in [0.3, 0.4) is 0 Å². The minimum Gasteiger partial charge on any atom is -0.458 e. The summed E-state index contributed by atoms with van der Waals surface area (Å²) in [5.74, 6) is -0.167. The van der Waals surface area contributed by atoms with Crippen molar-refractivity contribution in [1.82, 2.24) is 4.98 Å². The van der Waals surface area contributed by atoms with Crippen molar-refractivity contribution in [2.75, 3.05) is 0 Å². The topological polar surface area (TPSA) is 48.4 Å². The summed E-state index contributed by atoms with van der Waals surface area (Å²) < 4.78 is 11.0. The van der Waals surface area contributed by atoms with Crippen LogP contribution >= 0.6 is 11.3 Å². The highest BCUT2D eigenvalue weighted by Crippen LogP contribution is 2.39. The van der Waals surface area contributed by atoms with Crippen molar-refractivity contribution in [1.29, 1.82) is 0 Å². The lowest BCUT2D eigenvalue weighted by Crippen LogP contribution is -2.27. The number of thiazole rings is 1. The second-order valence-electron chi connectivity index (χ2n) is 4.71. The number of nitrogens with zero attached hydrogens (tertiary/aromatic N) is 1. The smallest absolute Gasteiger partial charge is 0.312 e. The van der Waals surface area contributed by atoms with Gasteiger partial charge in [-0.1, -0.05) is 0 Å². The Morgan fingerprint density at radius 1 is 1.65 bits per heavy atom. The van der Waals surface area contributed by atoms with E-state index < -0.39 is 0 Å². The van der Waals surface area contributed by atoms with Gasteiger partial charge < -0.3 is 9.47 Å². The molecule has 1 aromatic heterocycles. The molecule has 3 heterocycles. The van der Waals surface area contributed by atoms with Gasteiger partial charge in [-0.3, -0.25) is 4.79 Å². The number of esters is 1. The van der Waals surface area contributed by atoms with E-state index in [1.807, 2.05) is 12.3 Å². The maximum Gasteiger partial charge on any atom is 0.312 e. The van der Waals surface area contributed by atoms with Gasteiger partial charge in [-0.15, -0.1) is 11.3 Å². The average molecular weight is 253 g/mol. The van der Waals surface area contributed by atoms with Crippen molar-refractivity contribution in [2.24, 2.45) is 5.92 Å². The summed E-state index contributed by atoms with van der Waals surface area (Å²) in [6.07, 6.45) is 3.33. The fourth-order valence-corrected chi connectivity index (χ4v) is 3.28. The van der Waals surface area contributed by atoms with Crippen molar-refractivity contribution >= 4 is 17.3 Å². The Labute approximate surface area is 104 Å². The normalized spacial score (nSPS) is 30.8. The molecule has 5 heteroatoms. The number of carbonyl (C=O) groups excluding carboxylic acids is 1. The highest BCUT2D eigenvalue weighted by atomic mass is 32.1. The van der Waals surface area contributed by atoms with Crippen LogP contribution in [0.15, 0.2) is 5.38 Å². The van der Waals surface area contributed by atoms with E-state index in [0.29, 0.717) is 12.7 Å². The van der Waals surface area contributed by atoms with E-state index in [4.69, 9.17) is 9.47 Å². The van der Waals surface area contributed by atoms with Crippen LogP contribution < -0.4 is 0 Å². The zero-order valence-corrected chi connectivity index (χ0v) is 10.5. The van der Waals surface area contributed by atoms with E-state index in [2.05, 4.69) is 4.98 Å². The standard InChI is InChI=1S/C12H15NO3S/c1-7-6-17-11(13-7)5-15-12(14)9-4-8-2-3-10(9)16-8/h6,8-10H,2-5H2,1H3/t8-,9-,10-/m1/s1. The molecule has 4 nitrogen and oxygen atoms in total. The van der Waals surface area contributed by atoms with Crippen molar-refractivity contribution in [2.45, 2.75) is 45.0 Å². The molecule has 0 amide bonds. The van der Waals surface area contributed by atoms with Crippen LogP contribution in [0.25, 0.3) is 0 Å². The summed E-state index contributed by atoms with van der Waals surface area (Å²) in [6, 6.07) is 0. The van der Waals surface area contributed by atoms with Gasteiger partial charge in [-0.05, 0) is 26.2 Å². The Kier molecular flexibility index (Phi) is 2.88. The molecule has 0 radical (unpaired) electrons. The summed E-state index contributed by atoms with van der Waals surface area (Å²) in [6.45, 7) is 2.23. The van der Waals surface area contributed by atoms with Gasteiger partial charge in [0, 0.05) is 11.1 Å². The maximum absolute atomic E-state index is 11.9. The van der Waals surface area contributed by atoms with E-state index in [0.717, 1.165) is 30.0 Å². The van der Waals surface area contributed by atoms with Crippen LogP contribution in [0.1, 0.15) is 30.0 Å². The third kappa shape index (κ3) is 2.21. The summed E-state index contributed by atoms with van der Waals surface area (Å²) in [4.78, 5) is 16.2. The van der Waals surface area contributed by atoms with E-state index in [1.165, 1.54) is 11.3 Å². The first-order valence-corrected chi connectivity index (χ1v) is 6.83. The number of hydrogen-bond acceptors (Lipinski definition) is 5. The fourth-order valence-electron chi connectivity index (χ4n) is 2.59. The van der Waals surface area contributed by atoms with Crippen molar-refractivity contribution in [3.05, 3.63) is 16.1 Å². The largest absolute Gasteiger partial charge is 0.458 e. The predicted octanol–water partition coefficient (Wildman–Crippen LogP) is 2.06. The zero-order chi connectivity index (χ0) is 11.8. The molecule has 0 unspecified atom stereocenters. The second-order valence-corrected chi connectivity index (χ2v) is 5.65. The fraction of sp³-hybridized carbons (Fsp3) is 0.667. The number of aryl methyl sites for hydroxylation is 1. The number of ether oxygens (including phenoxy) is 2. The molecule has 2 aliphatic heterocycles. The third-order valence-corrected chi connectivity index (χ3v) is 4.35. The number of fused-ring (bicyclic) bond motifs is 2. The molecule has 2 saturated heterocycles. The van der Waals surface area contributed by atoms with Gasteiger partial charge in [0.05, 0.1) is 18.1 Å². The summed E-state index contributed by atoms with van der Waals surface area (Å²) >= 11 is 1.53. The molecule has 0 N–H and O–H groups in total. The first-order chi connectivity index (χ1) is 8.22. The number of aromatic nitrogens is 1. The molecule has 3 atom stereocenters. The third-order valence-electron chi connectivity index (χ3n) is 3.41. The minimum absolute atomic E-state index is 0.0465. The molecule has 0 spiro atoms. The van der Waals surface area contributed by atoms with Crippen LogP contribution in [0.4, 0.5) is 0 Å². The van der Waals surface area contributed by atoms with Crippen LogP contribution in [-0.4, -0.2) is 23.2 Å². The summed E-state index contributed by atoms with van der Waals surface area (Å²) in [7, 11) is 0. The van der Waals surface area contributed by atoms with Gasteiger partial charge in [0.1, 0.15) is 11.6 Å². The van der Waals surface area contributed by atoms with Gasteiger partial charge in [-0.2, -0.15) is 0 Å². The lowest BCUT2D eigenvalue weighted by molar-refractivity contribution is -0.151. The molecule has 0 aromatic carbocycles. The number of rotatable bonds is 3. The number of hydrogen-bond donors (Lipinski definition) is 0. The molecule has 92 valence electrons. The van der Waals surface area contributed by atoms with Gasteiger partial charge in [-0.25, -0.2) is 4.98 Å². The predicted molar refractivity (Wildman–Crippen MR) is 62.6 cm³/mol. The SMILES string of the molecule is Cc1csc(COC(=O)[C@@H]2C[C@H]3CC[C@H]2O3)n1. The molecule has 2 aliphatic rings. The molecule has 17 heavy (non-hydrogen) atoms. The molecule has 0 aliphatic carbocycles. The molecule has 1 aromatic rings. The molecular weight excluding hydrogens is 238 g/mol. The van der Waals surface area contributed by atoms with Crippen molar-refractivity contribution < 1.29 is 14.3 Å². The quantitative estimate of drug-likeness (QED) is 0.774. The Balaban J connectivity index is 1.54. The van der Waals surface area contributed by atoms with Crippen LogP contribution in [0.5, 0.6) is 0 Å². The zero-order valence-electron chi connectivity index (χ0n) is 9.72. The first kappa shape index (κ1) is 11.2. The van der Waals surface area contributed by atoms with Gasteiger partial charge in [0.2, 0.25) is 0 Å². The molecule has 3 rings (SSSR count). The van der Waals surface area contributed by atoms with Crippen molar-refractivity contribution in [3.8, 4) is 0 Å². The Hall–Kier alpha value is -0.940. The average Bonchev–Trinajstić information content (AvgIpc) is 3.01. The van der Waals surface area contributed by atoms with Gasteiger partial charge in [0.15, 0.2) is 0 Å². The van der Waals surface area contributed by atoms with Gasteiger partial charge in [0.25, 0.3) is 0 Å². The van der Waals surface area contributed by atoms with Crippen LogP contribution in [0.2, 0.25) is 0 Å². The lowest BCUT2D eigenvalue weighted by atomic mass is 9.89. The summed E-state index contributed by atoms with van der Waals surface area (Å²) in [5, 5.41) is 2.82. The van der Waals surface area contributed by atoms with E-state index in [-0.39, 0.29) is 18.0 Å². The van der Waals surface area contributed by atoms with Gasteiger partial charge >= 0.3 is 5.97 Å². The van der Waals surface area contributed by atoms with E-state index in [9.17, 15) is 4.79 Å². The first-order valence-electron chi connectivity index (χ1n) is 5.95. The Morgan fingerprint density at radius 3 is 3.12 bits per heavy atom. The van der Waals surface area contributed by atoms with Crippen molar-refractivity contribution in [3.63, 3.8) is 0 Å². The minimum atomic E-state index is -0.120. The van der Waals surface area contributed by atoms with E-state index >= 15 is 0 Å². The van der Waals surface area contributed by atoms with Crippen LogP contribution in [0, 0.1) is 12.8 Å². The highest BCUT2D eigenvalue weighted by Gasteiger charge is 2.45. The maximum atomic E-state index is 11.9. The highest BCUT2D eigenvalue weighted by molar-refractivity contribution is 7.09. The molecule has 2 bridgehead atoms. The molecule has 0 saturated carbocycles. The van der Waals surface area contributed by atoms with E-state index in [1.54, 1.807) is 0 Å². The number of carbonyl (C=O) groups is 1. The monoisotopic (exact) mass is 253 g/mol. The summed E-state index contributed by atoms with van der Waals surface area (Å²) in [5.41, 5.74) is 0.976. The van der Waals surface area contributed by atoms with Crippen LogP contribution in [-0.2, 0) is 20.9 Å². The Bertz CT molecular complexity index is 431. The lowest BCUT2D eigenvalue weighted by Gasteiger charge is -2.16. The Morgan fingerprint density at radius 2 is 2.53 bits per heavy atom.